The molecule has 2 N–H and O–H groups in total. The second kappa shape index (κ2) is 6.59. The van der Waals surface area contributed by atoms with Crippen LogP contribution in [0.15, 0.2) is 24.3 Å². The zero-order valence-electron chi connectivity index (χ0n) is 12.5. The lowest BCUT2D eigenvalue weighted by Gasteiger charge is -2.22. The second-order valence-corrected chi connectivity index (χ2v) is 5.60. The predicted octanol–water partition coefficient (Wildman–Crippen LogP) is 1.59. The molecule has 21 heavy (non-hydrogen) atoms. The minimum Gasteiger partial charge on any atom is -0.484 e. The lowest BCUT2D eigenvalue weighted by Crippen LogP contribution is -2.48. The summed E-state index contributed by atoms with van der Waals surface area (Å²) in [5.41, 5.74) is 0.323. The molecule has 1 unspecified atom stereocenters. The predicted molar refractivity (Wildman–Crippen MR) is 79.6 cm³/mol. The SMILES string of the molecule is CNCc1cccc(OCC(=O)NC(C)(C#N)C2CC2)c1. The molecule has 0 aliphatic heterocycles. The van der Waals surface area contributed by atoms with E-state index in [1.54, 1.807) is 6.92 Å². The fourth-order valence-corrected chi connectivity index (χ4v) is 2.31. The topological polar surface area (TPSA) is 74.2 Å². The van der Waals surface area contributed by atoms with Gasteiger partial charge in [-0.25, -0.2) is 0 Å². The van der Waals surface area contributed by atoms with Crippen LogP contribution in [0.3, 0.4) is 0 Å². The van der Waals surface area contributed by atoms with Gasteiger partial charge in [-0.2, -0.15) is 5.26 Å². The average molecular weight is 287 g/mol. The Hall–Kier alpha value is -2.06. The molecule has 112 valence electrons. The van der Waals surface area contributed by atoms with Crippen LogP contribution in [0, 0.1) is 17.2 Å². The van der Waals surface area contributed by atoms with Gasteiger partial charge in [0.05, 0.1) is 6.07 Å². The highest BCUT2D eigenvalue weighted by Gasteiger charge is 2.43. The lowest BCUT2D eigenvalue weighted by atomic mass is 9.98. The minimum atomic E-state index is -0.769. The van der Waals surface area contributed by atoms with Gasteiger partial charge in [0.15, 0.2) is 6.61 Å². The summed E-state index contributed by atoms with van der Waals surface area (Å²) >= 11 is 0. The fourth-order valence-electron chi connectivity index (χ4n) is 2.31. The smallest absolute Gasteiger partial charge is 0.259 e. The first-order valence-corrected chi connectivity index (χ1v) is 7.16. The fraction of sp³-hybridized carbons (Fsp3) is 0.500. The Labute approximate surface area is 125 Å². The highest BCUT2D eigenvalue weighted by Crippen LogP contribution is 2.39. The maximum atomic E-state index is 11.9. The van der Waals surface area contributed by atoms with E-state index in [9.17, 15) is 10.1 Å². The summed E-state index contributed by atoms with van der Waals surface area (Å²) in [5.74, 6) is 0.665. The van der Waals surface area contributed by atoms with Crippen molar-refractivity contribution in [2.24, 2.45) is 5.92 Å². The molecule has 1 fully saturated rings. The summed E-state index contributed by atoms with van der Waals surface area (Å²) in [6.45, 7) is 2.45. The Kier molecular flexibility index (Phi) is 4.81. The Bertz CT molecular complexity index is 549. The number of carbonyl (C=O) groups is 1. The molecule has 0 aromatic heterocycles. The van der Waals surface area contributed by atoms with Crippen molar-refractivity contribution in [3.05, 3.63) is 29.8 Å². The number of benzene rings is 1. The van der Waals surface area contributed by atoms with E-state index in [4.69, 9.17) is 4.74 Å². The maximum absolute atomic E-state index is 11.9. The van der Waals surface area contributed by atoms with E-state index in [2.05, 4.69) is 16.7 Å². The van der Waals surface area contributed by atoms with Gasteiger partial charge in [-0.1, -0.05) is 12.1 Å². The summed E-state index contributed by atoms with van der Waals surface area (Å²) in [4.78, 5) is 11.9. The molecule has 0 heterocycles. The molecule has 0 radical (unpaired) electrons. The number of nitrogens with one attached hydrogen (secondary N) is 2. The molecule has 1 aliphatic carbocycles. The second-order valence-electron chi connectivity index (χ2n) is 5.60. The first-order chi connectivity index (χ1) is 10.1. The number of rotatable bonds is 7. The molecule has 1 saturated carbocycles. The van der Waals surface area contributed by atoms with Crippen molar-refractivity contribution in [3.63, 3.8) is 0 Å². The van der Waals surface area contributed by atoms with E-state index < -0.39 is 5.54 Å². The monoisotopic (exact) mass is 287 g/mol. The van der Waals surface area contributed by atoms with Crippen molar-refractivity contribution in [2.75, 3.05) is 13.7 Å². The third-order valence-electron chi connectivity index (χ3n) is 3.67. The highest BCUT2D eigenvalue weighted by atomic mass is 16.5. The molecule has 0 bridgehead atoms. The molecule has 5 heteroatoms. The third kappa shape index (κ3) is 4.20. The highest BCUT2D eigenvalue weighted by molar-refractivity contribution is 5.79. The molecule has 0 saturated heterocycles. The molecule has 1 atom stereocenters. The molecule has 1 aromatic carbocycles. The number of hydrogen-bond acceptors (Lipinski definition) is 4. The van der Waals surface area contributed by atoms with Crippen LogP contribution in [-0.4, -0.2) is 25.1 Å². The largest absolute Gasteiger partial charge is 0.484 e. The van der Waals surface area contributed by atoms with Crippen LogP contribution < -0.4 is 15.4 Å². The first-order valence-electron chi connectivity index (χ1n) is 7.16. The van der Waals surface area contributed by atoms with Crippen molar-refractivity contribution in [1.29, 1.82) is 5.26 Å². The van der Waals surface area contributed by atoms with E-state index in [0.29, 0.717) is 5.75 Å². The number of ether oxygens (including phenoxy) is 1. The summed E-state index contributed by atoms with van der Waals surface area (Å²) in [5, 5.41) is 15.1. The zero-order valence-corrected chi connectivity index (χ0v) is 12.5. The number of nitrogens with zero attached hydrogens (tertiary/aromatic N) is 1. The molecular formula is C16H21N3O2. The van der Waals surface area contributed by atoms with E-state index in [0.717, 1.165) is 24.9 Å². The van der Waals surface area contributed by atoms with Crippen molar-refractivity contribution in [3.8, 4) is 11.8 Å². The van der Waals surface area contributed by atoms with Crippen LogP contribution in [-0.2, 0) is 11.3 Å². The summed E-state index contributed by atoms with van der Waals surface area (Å²) in [6, 6.07) is 9.79. The Morgan fingerprint density at radius 3 is 2.90 bits per heavy atom. The van der Waals surface area contributed by atoms with Gasteiger partial charge in [-0.15, -0.1) is 0 Å². The Morgan fingerprint density at radius 2 is 2.29 bits per heavy atom. The van der Waals surface area contributed by atoms with Gasteiger partial charge >= 0.3 is 0 Å². The number of amides is 1. The number of hydrogen-bond donors (Lipinski definition) is 2. The molecule has 5 nitrogen and oxygen atoms in total. The standard InChI is InChI=1S/C16H21N3O2/c1-16(11-17,13-6-7-13)19-15(20)10-21-14-5-3-4-12(8-14)9-18-2/h3-5,8,13,18H,6-7,9-10H2,1-2H3,(H,19,20). The first kappa shape index (κ1) is 15.3. The maximum Gasteiger partial charge on any atom is 0.259 e. The van der Waals surface area contributed by atoms with E-state index in [1.807, 2.05) is 31.3 Å². The van der Waals surface area contributed by atoms with Crippen molar-refractivity contribution >= 4 is 5.91 Å². The number of carbonyl (C=O) groups excluding carboxylic acids is 1. The molecular weight excluding hydrogens is 266 g/mol. The van der Waals surface area contributed by atoms with Gasteiger partial charge < -0.3 is 15.4 Å². The van der Waals surface area contributed by atoms with Crippen LogP contribution in [0.5, 0.6) is 5.75 Å². The molecule has 1 aliphatic rings. The van der Waals surface area contributed by atoms with Gasteiger partial charge in [0.25, 0.3) is 5.91 Å². The molecule has 1 amide bonds. The van der Waals surface area contributed by atoms with Gasteiger partial charge in [0.1, 0.15) is 11.3 Å². The van der Waals surface area contributed by atoms with Gasteiger partial charge in [-0.05, 0) is 50.4 Å². The Balaban J connectivity index is 1.86. The van der Waals surface area contributed by atoms with Crippen molar-refractivity contribution in [2.45, 2.75) is 31.8 Å². The summed E-state index contributed by atoms with van der Waals surface area (Å²) < 4.78 is 5.50. The van der Waals surface area contributed by atoms with E-state index >= 15 is 0 Å². The van der Waals surface area contributed by atoms with Crippen LogP contribution >= 0.6 is 0 Å². The summed E-state index contributed by atoms with van der Waals surface area (Å²) in [6.07, 6.45) is 1.99. The third-order valence-corrected chi connectivity index (χ3v) is 3.67. The van der Waals surface area contributed by atoms with E-state index in [-0.39, 0.29) is 18.4 Å². The molecule has 0 spiro atoms. The number of nitriles is 1. The van der Waals surface area contributed by atoms with Crippen LogP contribution in [0.1, 0.15) is 25.3 Å². The molecule has 2 rings (SSSR count). The van der Waals surface area contributed by atoms with Crippen molar-refractivity contribution < 1.29 is 9.53 Å². The van der Waals surface area contributed by atoms with Crippen LogP contribution in [0.4, 0.5) is 0 Å². The Morgan fingerprint density at radius 1 is 1.52 bits per heavy atom. The average Bonchev–Trinajstić information content (AvgIpc) is 3.31. The summed E-state index contributed by atoms with van der Waals surface area (Å²) in [7, 11) is 1.88. The van der Waals surface area contributed by atoms with Crippen molar-refractivity contribution in [1.82, 2.24) is 10.6 Å². The van der Waals surface area contributed by atoms with Crippen LogP contribution in [0.2, 0.25) is 0 Å². The van der Waals surface area contributed by atoms with Crippen LogP contribution in [0.25, 0.3) is 0 Å². The molecule has 1 aromatic rings. The van der Waals surface area contributed by atoms with Gasteiger partial charge in [-0.3, -0.25) is 4.79 Å². The minimum absolute atomic E-state index is 0.0764. The quantitative estimate of drug-likeness (QED) is 0.798. The van der Waals surface area contributed by atoms with E-state index in [1.165, 1.54) is 0 Å². The normalized spacial score (nSPS) is 16.6. The zero-order chi connectivity index (χ0) is 15.3. The van der Waals surface area contributed by atoms with Gasteiger partial charge in [0, 0.05) is 6.54 Å². The van der Waals surface area contributed by atoms with Gasteiger partial charge in [0.2, 0.25) is 0 Å². The lowest BCUT2D eigenvalue weighted by molar-refractivity contribution is -0.124.